The Morgan fingerprint density at radius 3 is 2.58 bits per heavy atom. The van der Waals surface area contributed by atoms with Gasteiger partial charge in [-0.3, -0.25) is 14.5 Å². The number of aromatic nitrogens is 3. The van der Waals surface area contributed by atoms with Gasteiger partial charge in [-0.25, -0.2) is 9.37 Å². The molecule has 2 saturated heterocycles. The van der Waals surface area contributed by atoms with Gasteiger partial charge in [0.15, 0.2) is 0 Å². The van der Waals surface area contributed by atoms with E-state index in [0.29, 0.717) is 29.7 Å². The quantitative estimate of drug-likeness (QED) is 0.434. The number of piperazine rings is 1. The highest BCUT2D eigenvalue weighted by molar-refractivity contribution is 5.94. The maximum absolute atomic E-state index is 13.5. The molecule has 2 amide bonds. The van der Waals surface area contributed by atoms with Crippen molar-refractivity contribution in [3.8, 4) is 5.88 Å². The number of amides is 2. The lowest BCUT2D eigenvalue weighted by molar-refractivity contribution is -0.137. The molecule has 43 heavy (non-hydrogen) atoms. The van der Waals surface area contributed by atoms with E-state index >= 15 is 0 Å². The summed E-state index contributed by atoms with van der Waals surface area (Å²) in [5.41, 5.74) is 2.34. The monoisotopic (exact) mass is 591 g/mol. The third-order valence-electron chi connectivity index (χ3n) is 9.09. The first-order valence-electron chi connectivity index (χ1n) is 15.8. The first-order valence-corrected chi connectivity index (χ1v) is 15.8. The van der Waals surface area contributed by atoms with Gasteiger partial charge in [-0.2, -0.15) is 4.99 Å². The Bertz CT molecular complexity index is 1490. The van der Waals surface area contributed by atoms with Crippen LogP contribution in [-0.2, 0) is 4.79 Å². The van der Waals surface area contributed by atoms with E-state index in [2.05, 4.69) is 36.7 Å². The van der Waals surface area contributed by atoms with E-state index in [9.17, 15) is 14.0 Å². The fourth-order valence-electron chi connectivity index (χ4n) is 6.73. The van der Waals surface area contributed by atoms with Crippen LogP contribution < -0.4 is 15.7 Å². The van der Waals surface area contributed by atoms with E-state index in [1.165, 1.54) is 43.5 Å². The predicted octanol–water partition coefficient (Wildman–Crippen LogP) is 3.66. The molecule has 0 spiro atoms. The Morgan fingerprint density at radius 2 is 1.84 bits per heavy atom. The number of carbonyl (C=O) groups excluding carboxylic acids is 2. The Hall–Kier alpha value is -3.57. The number of likely N-dealkylation sites (tertiary alicyclic amines) is 1. The van der Waals surface area contributed by atoms with E-state index in [0.717, 1.165) is 76.0 Å². The SMILES string of the molecule is CC1CN(C(=O)C2CCC(n3c(=NC(=O)c4ccc(F)cc4)[nH]c4cnc(OCCN5CCCCC5)cc43)CC2)CCN1. The van der Waals surface area contributed by atoms with Crippen LogP contribution in [0.1, 0.15) is 68.3 Å². The van der Waals surface area contributed by atoms with Gasteiger partial charge in [0.05, 0.1) is 17.2 Å². The van der Waals surface area contributed by atoms with Gasteiger partial charge < -0.3 is 24.5 Å². The first kappa shape index (κ1) is 29.5. The number of halogens is 1. The van der Waals surface area contributed by atoms with Gasteiger partial charge in [-0.15, -0.1) is 0 Å². The molecule has 11 heteroatoms. The molecule has 230 valence electrons. The highest BCUT2D eigenvalue weighted by Crippen LogP contribution is 2.34. The molecule has 0 bridgehead atoms. The van der Waals surface area contributed by atoms with Crippen molar-refractivity contribution >= 4 is 22.8 Å². The fourth-order valence-corrected chi connectivity index (χ4v) is 6.73. The van der Waals surface area contributed by atoms with Crippen molar-refractivity contribution in [2.45, 2.75) is 64.0 Å². The molecular weight excluding hydrogens is 549 g/mol. The van der Waals surface area contributed by atoms with E-state index in [-0.39, 0.29) is 17.9 Å². The molecule has 4 heterocycles. The summed E-state index contributed by atoms with van der Waals surface area (Å²) in [6, 6.07) is 7.68. The largest absolute Gasteiger partial charge is 0.476 e. The number of fused-ring (bicyclic) bond motifs is 1. The molecule has 3 aliphatic rings. The lowest BCUT2D eigenvalue weighted by atomic mass is 9.84. The van der Waals surface area contributed by atoms with E-state index in [4.69, 9.17) is 4.74 Å². The highest BCUT2D eigenvalue weighted by atomic mass is 19.1. The third kappa shape index (κ3) is 6.99. The molecule has 1 atom stereocenters. The number of ether oxygens (including phenoxy) is 1. The number of hydrogen-bond donors (Lipinski definition) is 2. The summed E-state index contributed by atoms with van der Waals surface area (Å²) in [6.45, 7) is 8.09. The molecule has 3 fully saturated rings. The van der Waals surface area contributed by atoms with E-state index in [1.807, 2.05) is 11.0 Å². The normalized spacial score (nSPS) is 23.9. The minimum Gasteiger partial charge on any atom is -0.476 e. The minimum absolute atomic E-state index is 0.00365. The van der Waals surface area contributed by atoms with Gasteiger partial charge in [0.1, 0.15) is 12.4 Å². The van der Waals surface area contributed by atoms with Crippen molar-refractivity contribution in [2.75, 3.05) is 45.9 Å². The molecule has 1 saturated carbocycles. The van der Waals surface area contributed by atoms with Crippen LogP contribution in [0.15, 0.2) is 41.5 Å². The number of imidazole rings is 1. The molecule has 0 radical (unpaired) electrons. The van der Waals surface area contributed by atoms with Gasteiger partial charge in [-0.05, 0) is 82.8 Å². The van der Waals surface area contributed by atoms with Gasteiger partial charge in [0.25, 0.3) is 5.91 Å². The molecule has 2 aromatic heterocycles. The third-order valence-corrected chi connectivity index (χ3v) is 9.09. The van der Waals surface area contributed by atoms with Gasteiger partial charge in [0.2, 0.25) is 17.4 Å². The minimum atomic E-state index is -0.456. The number of benzene rings is 1. The zero-order valence-electron chi connectivity index (χ0n) is 24.9. The number of piperidine rings is 1. The molecule has 6 rings (SSSR count). The Labute approximate surface area is 251 Å². The van der Waals surface area contributed by atoms with Crippen molar-refractivity contribution in [1.29, 1.82) is 0 Å². The average Bonchev–Trinajstić information content (AvgIpc) is 3.38. The van der Waals surface area contributed by atoms with Crippen LogP contribution in [0.5, 0.6) is 5.88 Å². The zero-order chi connectivity index (χ0) is 29.8. The lowest BCUT2D eigenvalue weighted by Gasteiger charge is -2.36. The molecule has 3 aromatic rings. The summed E-state index contributed by atoms with van der Waals surface area (Å²) < 4.78 is 21.6. The predicted molar refractivity (Wildman–Crippen MR) is 161 cm³/mol. The van der Waals surface area contributed by atoms with Crippen molar-refractivity contribution < 1.29 is 18.7 Å². The molecule has 1 aromatic carbocycles. The number of hydrogen-bond acceptors (Lipinski definition) is 6. The Balaban J connectivity index is 1.24. The number of H-pyrrole nitrogens is 1. The van der Waals surface area contributed by atoms with E-state index in [1.54, 1.807) is 6.20 Å². The Kier molecular flexibility index (Phi) is 9.18. The molecular formula is C32H42FN7O3. The van der Waals surface area contributed by atoms with Gasteiger partial charge >= 0.3 is 0 Å². The molecule has 2 aliphatic heterocycles. The van der Waals surface area contributed by atoms with Gasteiger partial charge in [-0.1, -0.05) is 6.42 Å². The zero-order valence-corrected chi connectivity index (χ0v) is 24.9. The van der Waals surface area contributed by atoms with Crippen LogP contribution in [0.4, 0.5) is 4.39 Å². The smallest absolute Gasteiger partial charge is 0.280 e. The maximum Gasteiger partial charge on any atom is 0.280 e. The summed E-state index contributed by atoms with van der Waals surface area (Å²) in [6.07, 6.45) is 8.62. The van der Waals surface area contributed by atoms with Crippen LogP contribution >= 0.6 is 0 Å². The van der Waals surface area contributed by atoms with Crippen molar-refractivity contribution in [3.05, 3.63) is 53.5 Å². The lowest BCUT2D eigenvalue weighted by Crippen LogP contribution is -2.53. The van der Waals surface area contributed by atoms with Crippen molar-refractivity contribution in [3.63, 3.8) is 0 Å². The number of rotatable bonds is 7. The number of nitrogens with one attached hydrogen (secondary N) is 2. The summed E-state index contributed by atoms with van der Waals surface area (Å²) >= 11 is 0. The second kappa shape index (κ2) is 13.4. The van der Waals surface area contributed by atoms with Crippen molar-refractivity contribution in [2.24, 2.45) is 10.9 Å². The highest BCUT2D eigenvalue weighted by Gasteiger charge is 2.32. The second-order valence-electron chi connectivity index (χ2n) is 12.2. The molecule has 1 unspecified atom stereocenters. The number of pyridine rings is 1. The maximum atomic E-state index is 13.5. The van der Waals surface area contributed by atoms with Crippen LogP contribution in [0.3, 0.4) is 0 Å². The van der Waals surface area contributed by atoms with E-state index < -0.39 is 11.7 Å². The number of aromatic amines is 1. The fraction of sp³-hybridized carbons (Fsp3) is 0.562. The van der Waals surface area contributed by atoms with Crippen LogP contribution in [-0.4, -0.2) is 88.1 Å². The van der Waals surface area contributed by atoms with Crippen molar-refractivity contribution in [1.82, 2.24) is 29.7 Å². The standard InChI is InChI=1S/C32H42FN7O3/c1-22-21-39(16-13-34-22)31(42)24-7-11-26(12-8-24)40-28-19-29(43-18-17-38-14-3-2-4-15-38)35-20-27(28)36-32(40)37-30(41)23-5-9-25(33)10-6-23/h5-6,9-10,19-20,22,24,26,34H,2-4,7-8,11-18,21H2,1H3,(H,36,37,41). The number of carbonyl (C=O) groups is 2. The Morgan fingerprint density at radius 1 is 1.07 bits per heavy atom. The molecule has 10 nitrogen and oxygen atoms in total. The summed E-state index contributed by atoms with van der Waals surface area (Å²) in [5.74, 6) is -0.0734. The number of nitrogens with zero attached hydrogens (tertiary/aromatic N) is 5. The van der Waals surface area contributed by atoms with Crippen LogP contribution in [0.25, 0.3) is 11.0 Å². The summed E-state index contributed by atoms with van der Waals surface area (Å²) in [4.78, 5) is 43.1. The average molecular weight is 592 g/mol. The molecule has 2 N–H and O–H groups in total. The topological polar surface area (TPSA) is 108 Å². The molecule has 1 aliphatic carbocycles. The summed E-state index contributed by atoms with van der Waals surface area (Å²) in [7, 11) is 0. The first-order chi connectivity index (χ1) is 20.9. The van der Waals surface area contributed by atoms with Crippen LogP contribution in [0, 0.1) is 11.7 Å². The van der Waals surface area contributed by atoms with Crippen LogP contribution in [0.2, 0.25) is 0 Å². The summed E-state index contributed by atoms with van der Waals surface area (Å²) in [5, 5.41) is 3.41. The second-order valence-corrected chi connectivity index (χ2v) is 12.2. The van der Waals surface area contributed by atoms with Gasteiger partial charge in [0, 0.05) is 55.8 Å².